The number of rotatable bonds is 3. The zero-order valence-corrected chi connectivity index (χ0v) is 13.3. The number of hydrogen-bond donors (Lipinski definition) is 0. The van der Waals surface area contributed by atoms with Crippen molar-refractivity contribution in [2.45, 2.75) is 4.21 Å². The van der Waals surface area contributed by atoms with Crippen LogP contribution in [0.5, 0.6) is 0 Å². The fourth-order valence-electron chi connectivity index (χ4n) is 1.57. The fourth-order valence-corrected chi connectivity index (χ4v) is 4.14. The Bertz CT molecular complexity index is 745. The fraction of sp³-hybridized carbons (Fsp3) is 0.0769. The molecular weight excluding hydrogens is 337 g/mol. The molecule has 1 unspecified atom stereocenters. The van der Waals surface area contributed by atoms with Gasteiger partial charge in [0, 0.05) is 16.8 Å². The molecule has 0 saturated heterocycles. The average molecular weight is 344 g/mol. The summed E-state index contributed by atoms with van der Waals surface area (Å²) >= 11 is 12.8. The third kappa shape index (κ3) is 2.79. The first-order chi connectivity index (χ1) is 9.45. The van der Waals surface area contributed by atoms with E-state index in [1.165, 1.54) is 6.26 Å². The zero-order valence-electron chi connectivity index (χ0n) is 10.1. The first-order valence-electron chi connectivity index (χ1n) is 5.31. The number of carbonyl (C=O) groups is 1. The predicted octanol–water partition coefficient (Wildman–Crippen LogP) is 3.89. The van der Waals surface area contributed by atoms with Gasteiger partial charge in [-0.15, -0.1) is 11.3 Å². The minimum absolute atomic E-state index is 0.0580. The van der Waals surface area contributed by atoms with Gasteiger partial charge in [-0.05, 0) is 24.3 Å². The summed E-state index contributed by atoms with van der Waals surface area (Å²) in [5.41, 5.74) is 0.519. The summed E-state index contributed by atoms with van der Waals surface area (Å²) in [6.45, 7) is 0. The van der Waals surface area contributed by atoms with Gasteiger partial charge in [0.15, 0.2) is 0 Å². The van der Waals surface area contributed by atoms with Gasteiger partial charge in [0.2, 0.25) is 5.78 Å². The molecule has 102 valence electrons. The van der Waals surface area contributed by atoms with Crippen LogP contribution >= 0.6 is 34.5 Å². The van der Waals surface area contributed by atoms with E-state index >= 15 is 0 Å². The minimum atomic E-state index is -1.37. The Kier molecular flexibility index (Phi) is 4.61. The molecule has 0 aliphatic carbocycles. The second-order valence-electron chi connectivity index (χ2n) is 3.81. The molecule has 0 fully saturated rings. The molecule has 0 saturated carbocycles. The number of thiophene rings is 1. The van der Waals surface area contributed by atoms with E-state index in [0.29, 0.717) is 14.8 Å². The highest BCUT2D eigenvalue weighted by molar-refractivity contribution is 7.86. The van der Waals surface area contributed by atoms with Gasteiger partial charge in [0.05, 0.1) is 26.3 Å². The number of halogens is 2. The molecule has 7 heteroatoms. The van der Waals surface area contributed by atoms with Gasteiger partial charge < -0.3 is 0 Å². The Hall–Kier alpha value is -1.19. The molecule has 0 spiro atoms. The molecule has 0 aliphatic rings. The molecule has 0 N–H and O–H groups in total. The first-order valence-corrected chi connectivity index (χ1v) is 8.44. The van der Waals surface area contributed by atoms with Crippen molar-refractivity contribution >= 4 is 51.1 Å². The van der Waals surface area contributed by atoms with Crippen molar-refractivity contribution in [3.05, 3.63) is 50.3 Å². The Morgan fingerprint density at radius 3 is 2.35 bits per heavy atom. The van der Waals surface area contributed by atoms with Crippen molar-refractivity contribution in [2.75, 3.05) is 6.26 Å². The summed E-state index contributed by atoms with van der Waals surface area (Å²) in [4.78, 5) is 12.6. The molecule has 1 heterocycles. The van der Waals surface area contributed by atoms with Gasteiger partial charge in [0.1, 0.15) is 10.3 Å². The summed E-state index contributed by atoms with van der Waals surface area (Å²) in [6.07, 6.45) is 1.44. The quantitative estimate of drug-likeness (QED) is 0.794. The van der Waals surface area contributed by atoms with Crippen LogP contribution in [0.2, 0.25) is 10.0 Å². The maximum Gasteiger partial charge on any atom is 0.204 e. The van der Waals surface area contributed by atoms with E-state index in [-0.39, 0.29) is 21.2 Å². The molecule has 0 bridgehead atoms. The summed E-state index contributed by atoms with van der Waals surface area (Å²) in [5, 5.41) is 9.64. The lowest BCUT2D eigenvalue weighted by atomic mass is 10.1. The third-order valence-corrected chi connectivity index (χ3v) is 5.91. The van der Waals surface area contributed by atoms with Crippen LogP contribution in [0, 0.1) is 11.3 Å². The van der Waals surface area contributed by atoms with Crippen molar-refractivity contribution in [3.8, 4) is 6.07 Å². The lowest BCUT2D eigenvalue weighted by Gasteiger charge is -1.99. The topological polar surface area (TPSA) is 57.9 Å². The normalized spacial score (nSPS) is 11.9. The highest BCUT2D eigenvalue weighted by Gasteiger charge is 2.24. The molecule has 0 amide bonds. The molecule has 2 aromatic rings. The largest absolute Gasteiger partial charge is 0.288 e. The smallest absolute Gasteiger partial charge is 0.204 e. The zero-order chi connectivity index (χ0) is 14.9. The van der Waals surface area contributed by atoms with Crippen LogP contribution in [-0.4, -0.2) is 16.2 Å². The van der Waals surface area contributed by atoms with E-state index < -0.39 is 10.8 Å². The summed E-state index contributed by atoms with van der Waals surface area (Å²) in [6, 6.07) is 8.25. The van der Waals surface area contributed by atoms with Crippen molar-refractivity contribution in [3.63, 3.8) is 0 Å². The molecule has 0 aliphatic heterocycles. The standard InChI is InChI=1S/C13H7Cl2NO2S2/c1-20(18)13-9(6-16)10(15)12(19-13)11(17)7-2-4-8(14)5-3-7/h2-5H,1H3. The molecular formula is C13H7Cl2NO2S2. The molecule has 0 radical (unpaired) electrons. The monoisotopic (exact) mass is 343 g/mol. The Morgan fingerprint density at radius 2 is 1.90 bits per heavy atom. The van der Waals surface area contributed by atoms with E-state index in [1.54, 1.807) is 24.3 Å². The van der Waals surface area contributed by atoms with Gasteiger partial charge >= 0.3 is 0 Å². The van der Waals surface area contributed by atoms with Crippen LogP contribution in [0.3, 0.4) is 0 Å². The lowest BCUT2D eigenvalue weighted by molar-refractivity contribution is 0.104. The number of ketones is 1. The Balaban J connectivity index is 2.54. The minimum Gasteiger partial charge on any atom is -0.288 e. The van der Waals surface area contributed by atoms with Gasteiger partial charge in [-0.1, -0.05) is 23.2 Å². The SMILES string of the molecule is CS(=O)c1sc(C(=O)c2ccc(Cl)cc2)c(Cl)c1C#N. The van der Waals surface area contributed by atoms with Gasteiger partial charge in [-0.25, -0.2) is 0 Å². The number of nitrogens with zero attached hydrogens (tertiary/aromatic N) is 1. The van der Waals surface area contributed by atoms with Crippen LogP contribution in [0.4, 0.5) is 0 Å². The van der Waals surface area contributed by atoms with E-state index in [2.05, 4.69) is 0 Å². The van der Waals surface area contributed by atoms with Crippen molar-refractivity contribution in [1.82, 2.24) is 0 Å². The van der Waals surface area contributed by atoms with Crippen LogP contribution in [0.25, 0.3) is 0 Å². The van der Waals surface area contributed by atoms with E-state index in [1.807, 2.05) is 6.07 Å². The molecule has 1 aromatic carbocycles. The van der Waals surface area contributed by atoms with Crippen molar-refractivity contribution < 1.29 is 9.00 Å². The first kappa shape index (κ1) is 15.2. The van der Waals surface area contributed by atoms with Crippen LogP contribution < -0.4 is 0 Å². The second-order valence-corrected chi connectivity index (χ2v) is 7.22. The van der Waals surface area contributed by atoms with Crippen LogP contribution in [-0.2, 0) is 10.8 Å². The van der Waals surface area contributed by atoms with Crippen LogP contribution in [0.1, 0.15) is 20.8 Å². The number of benzene rings is 1. The maximum atomic E-state index is 12.4. The van der Waals surface area contributed by atoms with Crippen LogP contribution in [0.15, 0.2) is 28.5 Å². The Morgan fingerprint density at radius 1 is 1.30 bits per heavy atom. The molecule has 20 heavy (non-hydrogen) atoms. The summed E-state index contributed by atoms with van der Waals surface area (Å²) in [7, 11) is -1.37. The van der Waals surface area contributed by atoms with Gasteiger partial charge in [0.25, 0.3) is 0 Å². The molecule has 2 rings (SSSR count). The lowest BCUT2D eigenvalue weighted by Crippen LogP contribution is -1.98. The van der Waals surface area contributed by atoms with E-state index in [4.69, 9.17) is 28.5 Å². The highest BCUT2D eigenvalue weighted by Crippen LogP contribution is 2.36. The van der Waals surface area contributed by atoms with Gasteiger partial charge in [-0.2, -0.15) is 5.26 Å². The average Bonchev–Trinajstić information content (AvgIpc) is 2.76. The number of nitriles is 1. The third-order valence-electron chi connectivity index (χ3n) is 2.50. The number of hydrogen-bond acceptors (Lipinski definition) is 4. The molecule has 3 nitrogen and oxygen atoms in total. The van der Waals surface area contributed by atoms with Crippen molar-refractivity contribution in [2.24, 2.45) is 0 Å². The highest BCUT2D eigenvalue weighted by atomic mass is 35.5. The maximum absolute atomic E-state index is 12.4. The summed E-state index contributed by atoms with van der Waals surface area (Å²) in [5.74, 6) is -0.315. The number of carbonyl (C=O) groups excluding carboxylic acids is 1. The Labute approximate surface area is 132 Å². The summed E-state index contributed by atoms with van der Waals surface area (Å²) < 4.78 is 11.9. The van der Waals surface area contributed by atoms with E-state index in [0.717, 1.165) is 11.3 Å². The van der Waals surface area contributed by atoms with E-state index in [9.17, 15) is 9.00 Å². The molecule has 1 aromatic heterocycles. The predicted molar refractivity (Wildman–Crippen MR) is 81.3 cm³/mol. The molecule has 1 atom stereocenters. The van der Waals surface area contributed by atoms with Gasteiger partial charge in [-0.3, -0.25) is 9.00 Å². The van der Waals surface area contributed by atoms with Crippen molar-refractivity contribution in [1.29, 1.82) is 5.26 Å². The second kappa shape index (κ2) is 6.06.